The molecule has 0 aliphatic heterocycles. The first-order valence-electron chi connectivity index (χ1n) is 7.88. The van der Waals surface area contributed by atoms with Crippen molar-refractivity contribution >= 4 is 22.4 Å². The number of nitrogens with one attached hydrogen (secondary N) is 1. The first-order chi connectivity index (χ1) is 11.6. The van der Waals surface area contributed by atoms with Gasteiger partial charge in [-0.2, -0.15) is 0 Å². The molecule has 122 valence electrons. The van der Waals surface area contributed by atoms with Crippen LogP contribution in [0.3, 0.4) is 0 Å². The largest absolute Gasteiger partial charge is 0.488 e. The summed E-state index contributed by atoms with van der Waals surface area (Å²) in [7, 11) is 0. The van der Waals surface area contributed by atoms with Gasteiger partial charge in [-0.1, -0.05) is 18.2 Å². The van der Waals surface area contributed by atoms with Crippen LogP contribution in [0.15, 0.2) is 48.8 Å². The highest BCUT2D eigenvalue weighted by Crippen LogP contribution is 2.28. The molecule has 1 heterocycles. The Morgan fingerprint density at radius 1 is 1.17 bits per heavy atom. The minimum Gasteiger partial charge on any atom is -0.488 e. The van der Waals surface area contributed by atoms with Gasteiger partial charge in [-0.05, 0) is 48.7 Å². The van der Waals surface area contributed by atoms with E-state index in [0.717, 1.165) is 38.9 Å². The van der Waals surface area contributed by atoms with Crippen LogP contribution in [0.1, 0.15) is 23.6 Å². The molecule has 0 bridgehead atoms. The van der Waals surface area contributed by atoms with Gasteiger partial charge in [-0.15, -0.1) is 0 Å². The zero-order valence-electron chi connectivity index (χ0n) is 14.1. The minimum absolute atomic E-state index is 0.0737. The number of fused-ring (bicyclic) bond motifs is 1. The van der Waals surface area contributed by atoms with Gasteiger partial charge >= 0.3 is 0 Å². The number of aromatic nitrogens is 1. The summed E-state index contributed by atoms with van der Waals surface area (Å²) in [6.07, 6.45) is 3.60. The Morgan fingerprint density at radius 3 is 2.79 bits per heavy atom. The van der Waals surface area contributed by atoms with E-state index in [-0.39, 0.29) is 5.91 Å². The number of amides is 1. The number of aryl methyl sites for hydroxylation is 1. The summed E-state index contributed by atoms with van der Waals surface area (Å²) in [6, 6.07) is 11.8. The molecule has 0 unspecified atom stereocenters. The normalized spacial score (nSPS) is 10.6. The van der Waals surface area contributed by atoms with Gasteiger partial charge in [0.05, 0.1) is 0 Å². The summed E-state index contributed by atoms with van der Waals surface area (Å²) in [5.74, 6) is 0.758. The van der Waals surface area contributed by atoms with Crippen molar-refractivity contribution in [3.63, 3.8) is 0 Å². The number of anilines is 1. The summed E-state index contributed by atoms with van der Waals surface area (Å²) in [5, 5.41) is 4.96. The van der Waals surface area contributed by atoms with Crippen molar-refractivity contribution in [2.75, 3.05) is 5.32 Å². The highest BCUT2D eigenvalue weighted by Gasteiger charge is 2.10. The van der Waals surface area contributed by atoms with Crippen molar-refractivity contribution in [3.05, 3.63) is 65.5 Å². The first kappa shape index (κ1) is 16.0. The highest BCUT2D eigenvalue weighted by molar-refractivity contribution is 5.90. The Hall–Kier alpha value is -2.88. The third-order valence-corrected chi connectivity index (χ3v) is 4.16. The SMILES string of the molecule is CC(=O)Nc1ccc(C)c(COc2cccc3cnccc23)c1C. The first-order valence-corrected chi connectivity index (χ1v) is 7.88. The topological polar surface area (TPSA) is 51.2 Å². The maximum Gasteiger partial charge on any atom is 0.221 e. The van der Waals surface area contributed by atoms with Crippen molar-refractivity contribution in [2.24, 2.45) is 0 Å². The van der Waals surface area contributed by atoms with Crippen LogP contribution in [0.2, 0.25) is 0 Å². The molecule has 4 heteroatoms. The molecule has 0 fully saturated rings. The van der Waals surface area contributed by atoms with Crippen molar-refractivity contribution in [1.29, 1.82) is 0 Å². The Labute approximate surface area is 141 Å². The van der Waals surface area contributed by atoms with Crippen LogP contribution in [-0.4, -0.2) is 10.9 Å². The number of rotatable bonds is 4. The molecule has 0 radical (unpaired) electrons. The van der Waals surface area contributed by atoms with E-state index in [1.54, 1.807) is 6.20 Å². The smallest absolute Gasteiger partial charge is 0.221 e. The molecule has 0 saturated carbocycles. The predicted molar refractivity (Wildman–Crippen MR) is 96.3 cm³/mol. The Balaban J connectivity index is 1.90. The van der Waals surface area contributed by atoms with Gasteiger partial charge in [0.1, 0.15) is 12.4 Å². The fourth-order valence-electron chi connectivity index (χ4n) is 2.81. The summed E-state index contributed by atoms with van der Waals surface area (Å²) in [5.41, 5.74) is 4.09. The molecule has 3 aromatic rings. The molecule has 0 saturated heterocycles. The van der Waals surface area contributed by atoms with Crippen LogP contribution >= 0.6 is 0 Å². The molecule has 1 aromatic heterocycles. The van der Waals surface area contributed by atoms with Gasteiger partial charge in [0.2, 0.25) is 5.91 Å². The molecule has 0 atom stereocenters. The molecule has 2 aromatic carbocycles. The number of nitrogens with zero attached hydrogens (tertiary/aromatic N) is 1. The van der Waals surface area contributed by atoms with Crippen LogP contribution in [0, 0.1) is 13.8 Å². The number of carbonyl (C=O) groups is 1. The average molecular weight is 320 g/mol. The Morgan fingerprint density at radius 2 is 2.00 bits per heavy atom. The third-order valence-electron chi connectivity index (χ3n) is 4.16. The van der Waals surface area contributed by atoms with Crippen molar-refractivity contribution in [2.45, 2.75) is 27.4 Å². The van der Waals surface area contributed by atoms with Crippen molar-refractivity contribution < 1.29 is 9.53 Å². The van der Waals surface area contributed by atoms with Gasteiger partial charge in [0, 0.05) is 35.8 Å². The van der Waals surface area contributed by atoms with Gasteiger partial charge in [0.25, 0.3) is 0 Å². The summed E-state index contributed by atoms with van der Waals surface area (Å²) < 4.78 is 6.09. The zero-order valence-corrected chi connectivity index (χ0v) is 14.1. The molecular formula is C20H20N2O2. The monoisotopic (exact) mass is 320 g/mol. The molecule has 3 rings (SSSR count). The van der Waals surface area contributed by atoms with Gasteiger partial charge < -0.3 is 10.1 Å². The van der Waals surface area contributed by atoms with Gasteiger partial charge in [-0.25, -0.2) is 0 Å². The minimum atomic E-state index is -0.0737. The van der Waals surface area contributed by atoms with Crippen LogP contribution in [0.4, 0.5) is 5.69 Å². The van der Waals surface area contributed by atoms with E-state index in [9.17, 15) is 4.79 Å². The molecule has 1 amide bonds. The van der Waals surface area contributed by atoms with E-state index in [1.807, 2.05) is 49.5 Å². The molecule has 0 aliphatic carbocycles. The van der Waals surface area contributed by atoms with E-state index < -0.39 is 0 Å². The van der Waals surface area contributed by atoms with E-state index >= 15 is 0 Å². The molecule has 0 spiro atoms. The molecule has 24 heavy (non-hydrogen) atoms. The van der Waals surface area contributed by atoms with Crippen LogP contribution in [0.25, 0.3) is 10.8 Å². The molecule has 4 nitrogen and oxygen atoms in total. The van der Waals surface area contributed by atoms with Crippen LogP contribution < -0.4 is 10.1 Å². The number of hydrogen-bond acceptors (Lipinski definition) is 3. The lowest BCUT2D eigenvalue weighted by atomic mass is 10.0. The quantitative estimate of drug-likeness (QED) is 0.775. The average Bonchev–Trinajstić information content (AvgIpc) is 2.57. The van der Waals surface area contributed by atoms with E-state index in [0.29, 0.717) is 6.61 Å². The summed E-state index contributed by atoms with van der Waals surface area (Å²) >= 11 is 0. The van der Waals surface area contributed by atoms with Gasteiger partial charge in [0.15, 0.2) is 0 Å². The van der Waals surface area contributed by atoms with E-state index in [4.69, 9.17) is 4.74 Å². The second kappa shape index (κ2) is 6.71. The lowest BCUT2D eigenvalue weighted by Gasteiger charge is -2.16. The van der Waals surface area contributed by atoms with E-state index in [1.165, 1.54) is 6.92 Å². The zero-order chi connectivity index (χ0) is 17.1. The second-order valence-electron chi connectivity index (χ2n) is 5.86. The van der Waals surface area contributed by atoms with Gasteiger partial charge in [-0.3, -0.25) is 9.78 Å². The fourth-order valence-corrected chi connectivity index (χ4v) is 2.81. The van der Waals surface area contributed by atoms with Crippen LogP contribution in [0.5, 0.6) is 5.75 Å². The predicted octanol–water partition coefficient (Wildman–Crippen LogP) is 4.39. The summed E-state index contributed by atoms with van der Waals surface area (Å²) in [6.45, 7) is 6.02. The maximum atomic E-state index is 11.3. The fraction of sp³-hybridized carbons (Fsp3) is 0.200. The lowest BCUT2D eigenvalue weighted by Crippen LogP contribution is -2.10. The third kappa shape index (κ3) is 3.23. The number of benzene rings is 2. The van der Waals surface area contributed by atoms with Crippen LogP contribution in [-0.2, 0) is 11.4 Å². The number of hydrogen-bond donors (Lipinski definition) is 1. The lowest BCUT2D eigenvalue weighted by molar-refractivity contribution is -0.114. The molecule has 0 aliphatic rings. The Kier molecular flexibility index (Phi) is 4.47. The Bertz CT molecular complexity index is 898. The summed E-state index contributed by atoms with van der Waals surface area (Å²) in [4.78, 5) is 15.5. The van der Waals surface area contributed by atoms with Crippen molar-refractivity contribution in [1.82, 2.24) is 4.98 Å². The van der Waals surface area contributed by atoms with E-state index in [2.05, 4.69) is 17.2 Å². The number of pyridine rings is 1. The molecule has 1 N–H and O–H groups in total. The number of carbonyl (C=O) groups excluding carboxylic acids is 1. The standard InChI is InChI=1S/C20H20N2O2/c1-13-7-8-19(22-15(3)23)14(2)18(13)12-24-20-6-4-5-16-11-21-10-9-17(16)20/h4-11H,12H2,1-3H3,(H,22,23). The maximum absolute atomic E-state index is 11.3. The second-order valence-corrected chi connectivity index (χ2v) is 5.86. The van der Waals surface area contributed by atoms with Crippen molar-refractivity contribution in [3.8, 4) is 5.75 Å². The number of ether oxygens (including phenoxy) is 1. The molecular weight excluding hydrogens is 300 g/mol. The highest BCUT2D eigenvalue weighted by atomic mass is 16.5.